The van der Waals surface area contributed by atoms with Gasteiger partial charge in [-0.3, -0.25) is 9.59 Å². The molecule has 0 aliphatic heterocycles. The summed E-state index contributed by atoms with van der Waals surface area (Å²) < 4.78 is 0. The molecule has 0 aromatic heterocycles. The van der Waals surface area contributed by atoms with Crippen molar-refractivity contribution in [2.75, 3.05) is 0 Å². The molecule has 0 aromatic carbocycles. The number of rotatable bonds is 3. The number of fused-ring (bicyclic) bond motifs is 1. The van der Waals surface area contributed by atoms with Crippen molar-refractivity contribution in [1.82, 2.24) is 0 Å². The van der Waals surface area contributed by atoms with Crippen LogP contribution >= 0.6 is 0 Å². The van der Waals surface area contributed by atoms with Crippen LogP contribution in [0.3, 0.4) is 0 Å². The molecule has 134 valence electrons. The third kappa shape index (κ3) is 2.78. The maximum atomic E-state index is 12.4. The average molecular weight is 344 g/mol. The zero-order valence-corrected chi connectivity index (χ0v) is 14.5. The fourth-order valence-corrected chi connectivity index (χ4v) is 5.00. The lowest BCUT2D eigenvalue weighted by Gasteiger charge is -2.53. The van der Waals surface area contributed by atoms with Gasteiger partial charge in [0.1, 0.15) is 0 Å². The zero-order chi connectivity index (χ0) is 18.4. The summed E-state index contributed by atoms with van der Waals surface area (Å²) in [4.78, 5) is 35.4. The van der Waals surface area contributed by atoms with Crippen LogP contribution in [0, 0.1) is 22.7 Å². The minimum absolute atomic E-state index is 0.00138. The van der Waals surface area contributed by atoms with Crippen LogP contribution in [0.4, 0.5) is 0 Å². The van der Waals surface area contributed by atoms with Crippen LogP contribution in [-0.2, 0) is 9.59 Å². The van der Waals surface area contributed by atoms with Gasteiger partial charge in [0.25, 0.3) is 0 Å². The Morgan fingerprint density at radius 2 is 2.12 bits per heavy atom. The fourth-order valence-electron chi connectivity index (χ4n) is 5.00. The van der Waals surface area contributed by atoms with E-state index < -0.39 is 28.6 Å². The number of carbonyl (C=O) groups excluding carboxylic acids is 2. The molecule has 0 saturated heterocycles. The topological polar surface area (TPSA) is 110 Å². The van der Waals surface area contributed by atoms with E-state index in [1.54, 1.807) is 0 Å². The highest BCUT2D eigenvalue weighted by Gasteiger charge is 2.50. The summed E-state index contributed by atoms with van der Waals surface area (Å²) in [6.07, 6.45) is 5.62. The lowest BCUT2D eigenvalue weighted by Crippen LogP contribution is -2.60. The van der Waals surface area contributed by atoms with Gasteiger partial charge in [0.15, 0.2) is 11.5 Å². The molecule has 3 aliphatic carbocycles. The van der Waals surface area contributed by atoms with Crippen molar-refractivity contribution in [2.45, 2.75) is 51.0 Å². The van der Waals surface area contributed by atoms with E-state index in [4.69, 9.17) is 5.73 Å². The van der Waals surface area contributed by atoms with Gasteiger partial charge in [-0.2, -0.15) is 0 Å². The fraction of sp³-hybridized carbons (Fsp3) is 0.579. The highest BCUT2D eigenvalue weighted by atomic mass is 16.3. The molecule has 0 bridgehead atoms. The number of hydrogen-bond donors (Lipinski definition) is 2. The highest BCUT2D eigenvalue weighted by Crippen LogP contribution is 2.51. The van der Waals surface area contributed by atoms with Crippen molar-refractivity contribution < 1.29 is 14.7 Å². The Balaban J connectivity index is 1.99. The van der Waals surface area contributed by atoms with Gasteiger partial charge in [0.2, 0.25) is 11.6 Å². The van der Waals surface area contributed by atoms with Crippen LogP contribution in [0.5, 0.6) is 0 Å². The first-order valence-electron chi connectivity index (χ1n) is 8.82. The third-order valence-electron chi connectivity index (χ3n) is 6.35. The van der Waals surface area contributed by atoms with Crippen LogP contribution in [0.1, 0.15) is 45.4 Å². The lowest BCUT2D eigenvalue weighted by molar-refractivity contribution is -0.118. The molecule has 3 rings (SSSR count). The number of allylic oxidation sites excluding steroid dienone is 2. The van der Waals surface area contributed by atoms with E-state index in [9.17, 15) is 19.6 Å². The van der Waals surface area contributed by atoms with Crippen LogP contribution in [0.25, 0.3) is 0 Å². The Hall–Kier alpha value is -2.08. The van der Waals surface area contributed by atoms with E-state index in [1.165, 1.54) is 0 Å². The van der Waals surface area contributed by atoms with Crippen LogP contribution in [-0.4, -0.2) is 22.2 Å². The van der Waals surface area contributed by atoms with E-state index >= 15 is 0 Å². The minimum Gasteiger partial charge on any atom is -0.504 e. The Morgan fingerprint density at radius 3 is 2.80 bits per heavy atom. The van der Waals surface area contributed by atoms with E-state index in [2.05, 4.69) is 18.7 Å². The van der Waals surface area contributed by atoms with Gasteiger partial charge < -0.3 is 10.8 Å². The number of aliphatic hydroxyl groups excluding tert-OH is 1. The summed E-state index contributed by atoms with van der Waals surface area (Å²) in [6.45, 7) is 6.28. The molecule has 2 unspecified atom stereocenters. The Labute approximate surface area is 146 Å². The smallest absolute Gasteiger partial charge is 0.225 e. The molecule has 0 radical (unpaired) electrons. The first kappa shape index (κ1) is 17.7. The number of carbonyl (C=O) groups is 2. The van der Waals surface area contributed by atoms with E-state index in [1.807, 2.05) is 0 Å². The first-order chi connectivity index (χ1) is 11.8. The maximum absolute atomic E-state index is 12.4. The Morgan fingerprint density at radius 1 is 1.40 bits per heavy atom. The summed E-state index contributed by atoms with van der Waals surface area (Å²) in [5, 5.41) is 12.5. The molecule has 4 atom stereocenters. The van der Waals surface area contributed by atoms with Gasteiger partial charge in [0, 0.05) is 17.2 Å². The number of ketones is 2. The second kappa shape index (κ2) is 6.33. The van der Waals surface area contributed by atoms with Crippen molar-refractivity contribution in [3.63, 3.8) is 0 Å². The van der Waals surface area contributed by atoms with Gasteiger partial charge in [-0.25, -0.2) is 0 Å². The van der Waals surface area contributed by atoms with Crippen molar-refractivity contribution >= 4 is 11.6 Å². The van der Waals surface area contributed by atoms with Gasteiger partial charge in [-0.05, 0) is 61.5 Å². The molecular weight excluding hydrogens is 320 g/mol. The summed E-state index contributed by atoms with van der Waals surface area (Å²) >= 11 is 0. The molecule has 3 N–H and O–H groups in total. The molecule has 2 fully saturated rings. The molecule has 6 heteroatoms. The van der Waals surface area contributed by atoms with Crippen molar-refractivity contribution in [3.8, 4) is 0 Å². The SMILES string of the molecule is C=C1CCC[C@]2(N)C1CC[C@H](C)C2CC1=C(N=O)C(=O)C=C(O)C1=O. The molecule has 0 heterocycles. The lowest BCUT2D eigenvalue weighted by atomic mass is 9.54. The average Bonchev–Trinajstić information content (AvgIpc) is 2.55. The molecule has 0 spiro atoms. The molecule has 0 amide bonds. The number of nitroso groups, excluding NO2 is 1. The van der Waals surface area contributed by atoms with E-state index in [0.29, 0.717) is 0 Å². The van der Waals surface area contributed by atoms with E-state index in [0.717, 1.165) is 43.8 Å². The number of hydrogen-bond acceptors (Lipinski definition) is 6. The van der Waals surface area contributed by atoms with Gasteiger partial charge in [0.05, 0.1) is 0 Å². The summed E-state index contributed by atoms with van der Waals surface area (Å²) in [5.74, 6) is -1.69. The first-order valence-corrected chi connectivity index (χ1v) is 8.82. The van der Waals surface area contributed by atoms with E-state index in [-0.39, 0.29) is 29.7 Å². The molecule has 25 heavy (non-hydrogen) atoms. The van der Waals surface area contributed by atoms with Gasteiger partial charge >= 0.3 is 0 Å². The second-order valence-corrected chi connectivity index (χ2v) is 7.68. The quantitative estimate of drug-likeness (QED) is 0.464. The van der Waals surface area contributed by atoms with Crippen LogP contribution in [0.15, 0.2) is 40.4 Å². The molecular formula is C19H24N2O4. The normalized spacial score (nSPS) is 36.2. The summed E-state index contributed by atoms with van der Waals surface area (Å²) in [6, 6.07) is 0. The monoisotopic (exact) mass is 344 g/mol. The number of nitrogens with two attached hydrogens (primary N) is 1. The molecule has 0 aromatic rings. The van der Waals surface area contributed by atoms with Gasteiger partial charge in [-0.1, -0.05) is 19.1 Å². The van der Waals surface area contributed by atoms with Crippen LogP contribution in [0.2, 0.25) is 0 Å². The number of nitrogens with zero attached hydrogens (tertiary/aromatic N) is 1. The molecule has 6 nitrogen and oxygen atoms in total. The summed E-state index contributed by atoms with van der Waals surface area (Å²) in [7, 11) is 0. The number of Topliss-reactive ketones (excluding diaryl/α,β-unsaturated/α-hetero) is 1. The highest BCUT2D eigenvalue weighted by molar-refractivity contribution is 6.21. The minimum atomic E-state index is -0.721. The number of aliphatic hydroxyl groups is 1. The van der Waals surface area contributed by atoms with Crippen molar-refractivity contribution in [2.24, 2.45) is 28.7 Å². The zero-order valence-electron chi connectivity index (χ0n) is 14.5. The van der Waals surface area contributed by atoms with Crippen molar-refractivity contribution in [1.29, 1.82) is 0 Å². The largest absolute Gasteiger partial charge is 0.504 e. The second-order valence-electron chi connectivity index (χ2n) is 7.68. The Kier molecular flexibility index (Phi) is 4.49. The van der Waals surface area contributed by atoms with Crippen LogP contribution < -0.4 is 5.73 Å². The predicted octanol–water partition coefficient (Wildman–Crippen LogP) is 3.09. The van der Waals surface area contributed by atoms with Crippen molar-refractivity contribution in [3.05, 3.63) is 40.2 Å². The summed E-state index contributed by atoms with van der Waals surface area (Å²) in [5.41, 5.74) is 7.10. The molecule has 3 aliphatic rings. The molecule has 2 saturated carbocycles. The maximum Gasteiger partial charge on any atom is 0.225 e. The third-order valence-corrected chi connectivity index (χ3v) is 6.35. The van der Waals surface area contributed by atoms with Gasteiger partial charge in [-0.15, -0.1) is 4.91 Å². The predicted molar refractivity (Wildman–Crippen MR) is 93.5 cm³/mol. The standard InChI is InChI=1S/C19H24N2O4/c1-10-4-3-7-19(20)13(10)6-5-11(2)14(19)8-12-17(21-25)15(22)9-16(23)18(12)24/h9,11,13-14,23H,1,3-8,20H2,2H3/t11-,13?,14?,19-/m0/s1. The Bertz CT molecular complexity index is 721.